The quantitative estimate of drug-likeness (QED) is 0.124. The van der Waals surface area contributed by atoms with E-state index in [4.69, 9.17) is 9.47 Å². The summed E-state index contributed by atoms with van der Waals surface area (Å²) in [7, 11) is 1.38. The van der Waals surface area contributed by atoms with E-state index in [1.165, 1.54) is 37.4 Å². The lowest BCUT2D eigenvalue weighted by atomic mass is 10.1. The molecule has 0 radical (unpaired) electrons. The minimum absolute atomic E-state index is 0.111. The maximum absolute atomic E-state index is 12.4. The molecule has 0 aromatic heterocycles. The van der Waals surface area contributed by atoms with Gasteiger partial charge in [0.15, 0.2) is 11.5 Å². The molecule has 190 valence electrons. The molecular weight excluding hydrogens is 480 g/mol. The summed E-state index contributed by atoms with van der Waals surface area (Å²) in [6, 6.07) is 15.1. The largest absolute Gasteiger partial charge is 0.493 e. The summed E-state index contributed by atoms with van der Waals surface area (Å²) >= 11 is 0. The number of ether oxygens (including phenoxy) is 2. The molecule has 11 heteroatoms. The van der Waals surface area contributed by atoms with E-state index in [0.717, 1.165) is 11.1 Å². The first-order chi connectivity index (χ1) is 17.6. The number of anilines is 1. The Bertz CT molecular complexity index is 1400. The predicted octanol–water partition coefficient (Wildman–Crippen LogP) is 3.92. The molecule has 0 saturated heterocycles. The van der Waals surface area contributed by atoms with Gasteiger partial charge in [-0.3, -0.25) is 19.7 Å². The molecule has 0 aliphatic carbocycles. The van der Waals surface area contributed by atoms with Crippen molar-refractivity contribution in [3.8, 4) is 11.5 Å². The van der Waals surface area contributed by atoms with Crippen LogP contribution in [-0.4, -0.2) is 35.5 Å². The number of methoxy groups -OCH3 is 1. The average Bonchev–Trinajstić information content (AvgIpc) is 2.89. The van der Waals surface area contributed by atoms with Crippen molar-refractivity contribution in [3.05, 3.63) is 93.0 Å². The van der Waals surface area contributed by atoms with Crippen LogP contribution in [0.4, 0.5) is 11.4 Å². The molecule has 0 saturated carbocycles. The molecule has 0 atom stereocenters. The summed E-state index contributed by atoms with van der Waals surface area (Å²) in [5.41, 5.74) is 5.36. The van der Waals surface area contributed by atoms with Crippen LogP contribution in [0.25, 0.3) is 0 Å². The lowest BCUT2D eigenvalue weighted by molar-refractivity contribution is -0.384. The number of hydrogen-bond donors (Lipinski definition) is 2. The number of nitro benzene ring substituents is 1. The van der Waals surface area contributed by atoms with E-state index < -0.39 is 22.7 Å². The zero-order chi connectivity index (χ0) is 27.1. The van der Waals surface area contributed by atoms with E-state index in [2.05, 4.69) is 15.8 Å². The molecule has 37 heavy (non-hydrogen) atoms. The van der Waals surface area contributed by atoms with Gasteiger partial charge in [-0.15, -0.1) is 0 Å². The Balaban J connectivity index is 1.67. The van der Waals surface area contributed by atoms with Gasteiger partial charge >= 0.3 is 17.8 Å². The van der Waals surface area contributed by atoms with Gasteiger partial charge in [0.25, 0.3) is 5.69 Å². The Morgan fingerprint density at radius 2 is 1.57 bits per heavy atom. The monoisotopic (exact) mass is 504 g/mol. The van der Waals surface area contributed by atoms with Crippen molar-refractivity contribution in [2.75, 3.05) is 12.4 Å². The lowest BCUT2D eigenvalue weighted by Gasteiger charge is -2.11. The standard InChI is InChI=1S/C26H24N4O7/c1-15-5-6-16(2)21(13-15)27-24(31)25(32)29-28-17(3)19-9-12-22(23(14-19)36-4)37-26(33)18-7-10-20(11-8-18)30(34)35/h5-14H,1-4H3,(H,27,31)(H,29,32). The second-order valence-corrected chi connectivity index (χ2v) is 7.97. The van der Waals surface area contributed by atoms with E-state index >= 15 is 0 Å². The number of nitrogens with zero attached hydrogens (tertiary/aromatic N) is 2. The number of rotatable bonds is 7. The van der Waals surface area contributed by atoms with E-state index in [9.17, 15) is 24.5 Å². The van der Waals surface area contributed by atoms with Crippen LogP contribution in [-0.2, 0) is 9.59 Å². The van der Waals surface area contributed by atoms with Crippen LogP contribution in [0.1, 0.15) is 34.0 Å². The summed E-state index contributed by atoms with van der Waals surface area (Å²) in [5.74, 6) is -2.22. The van der Waals surface area contributed by atoms with Gasteiger partial charge in [0.05, 0.1) is 23.3 Å². The van der Waals surface area contributed by atoms with Crippen LogP contribution < -0.4 is 20.2 Å². The molecule has 2 N–H and O–H groups in total. The summed E-state index contributed by atoms with van der Waals surface area (Å²) in [4.78, 5) is 47.1. The third kappa shape index (κ3) is 6.75. The van der Waals surface area contributed by atoms with Crippen LogP contribution in [0, 0.1) is 24.0 Å². The Morgan fingerprint density at radius 3 is 2.22 bits per heavy atom. The number of benzene rings is 3. The first-order valence-electron chi connectivity index (χ1n) is 11.0. The minimum Gasteiger partial charge on any atom is -0.493 e. The number of nitro groups is 1. The molecular formula is C26H24N4O7. The summed E-state index contributed by atoms with van der Waals surface area (Å²) in [5, 5.41) is 17.3. The zero-order valence-corrected chi connectivity index (χ0v) is 20.5. The number of aryl methyl sites for hydroxylation is 2. The molecule has 0 bridgehead atoms. The zero-order valence-electron chi connectivity index (χ0n) is 20.5. The van der Waals surface area contributed by atoms with Gasteiger partial charge in [-0.25, -0.2) is 10.2 Å². The van der Waals surface area contributed by atoms with Crippen LogP contribution in [0.5, 0.6) is 11.5 Å². The molecule has 0 aliphatic rings. The molecule has 11 nitrogen and oxygen atoms in total. The molecule has 3 aromatic carbocycles. The number of non-ortho nitro benzene ring substituents is 1. The second-order valence-electron chi connectivity index (χ2n) is 7.97. The first kappa shape index (κ1) is 26.5. The highest BCUT2D eigenvalue weighted by Gasteiger charge is 2.17. The van der Waals surface area contributed by atoms with Crippen LogP contribution >= 0.6 is 0 Å². The predicted molar refractivity (Wildman–Crippen MR) is 136 cm³/mol. The Kier molecular flexibility index (Phi) is 8.31. The minimum atomic E-state index is -0.944. The van der Waals surface area contributed by atoms with Gasteiger partial charge in [-0.2, -0.15) is 5.10 Å². The first-order valence-corrected chi connectivity index (χ1v) is 11.0. The van der Waals surface area contributed by atoms with E-state index in [-0.39, 0.29) is 22.7 Å². The third-order valence-corrected chi connectivity index (χ3v) is 5.27. The SMILES string of the molecule is COc1cc(C(C)=NNC(=O)C(=O)Nc2cc(C)ccc2C)ccc1OC(=O)c1ccc([N+](=O)[O-])cc1. The maximum atomic E-state index is 12.4. The molecule has 0 spiro atoms. The normalized spacial score (nSPS) is 10.9. The highest BCUT2D eigenvalue weighted by Crippen LogP contribution is 2.29. The molecule has 0 fully saturated rings. The summed E-state index contributed by atoms with van der Waals surface area (Å²) in [6.07, 6.45) is 0. The molecule has 3 rings (SSSR count). The van der Waals surface area contributed by atoms with Crippen molar-refractivity contribution in [2.45, 2.75) is 20.8 Å². The number of hydrogen-bond acceptors (Lipinski definition) is 8. The van der Waals surface area contributed by atoms with E-state index in [0.29, 0.717) is 17.0 Å². The Labute approximate surface area is 212 Å². The van der Waals surface area contributed by atoms with Gasteiger partial charge in [0.2, 0.25) is 0 Å². The Hall–Kier alpha value is -5.06. The lowest BCUT2D eigenvalue weighted by Crippen LogP contribution is -2.33. The van der Waals surface area contributed by atoms with Gasteiger partial charge in [-0.1, -0.05) is 12.1 Å². The van der Waals surface area contributed by atoms with Gasteiger partial charge in [-0.05, 0) is 68.3 Å². The van der Waals surface area contributed by atoms with Crippen molar-refractivity contribution in [3.63, 3.8) is 0 Å². The fourth-order valence-electron chi connectivity index (χ4n) is 3.15. The van der Waals surface area contributed by atoms with Crippen molar-refractivity contribution in [1.29, 1.82) is 0 Å². The smallest absolute Gasteiger partial charge is 0.343 e. The van der Waals surface area contributed by atoms with Crippen molar-refractivity contribution < 1.29 is 28.8 Å². The van der Waals surface area contributed by atoms with Gasteiger partial charge < -0.3 is 14.8 Å². The molecule has 0 unspecified atom stereocenters. The third-order valence-electron chi connectivity index (χ3n) is 5.27. The highest BCUT2D eigenvalue weighted by atomic mass is 16.6. The van der Waals surface area contributed by atoms with Crippen molar-refractivity contribution in [1.82, 2.24) is 5.43 Å². The van der Waals surface area contributed by atoms with Crippen LogP contribution in [0.15, 0.2) is 65.8 Å². The summed E-state index contributed by atoms with van der Waals surface area (Å²) < 4.78 is 10.7. The number of carbonyl (C=O) groups is 3. The van der Waals surface area contributed by atoms with E-state index in [1.807, 2.05) is 26.0 Å². The molecule has 0 heterocycles. The van der Waals surface area contributed by atoms with Crippen LogP contribution in [0.3, 0.4) is 0 Å². The van der Waals surface area contributed by atoms with Crippen molar-refractivity contribution in [2.24, 2.45) is 5.10 Å². The fraction of sp³-hybridized carbons (Fsp3) is 0.154. The molecule has 0 aliphatic heterocycles. The molecule has 2 amide bonds. The average molecular weight is 504 g/mol. The van der Waals surface area contributed by atoms with Gasteiger partial charge in [0, 0.05) is 23.4 Å². The molecule has 3 aromatic rings. The van der Waals surface area contributed by atoms with E-state index in [1.54, 1.807) is 25.1 Å². The van der Waals surface area contributed by atoms with Crippen LogP contribution in [0.2, 0.25) is 0 Å². The highest BCUT2D eigenvalue weighted by molar-refractivity contribution is 6.39. The number of hydrazone groups is 1. The fourth-order valence-corrected chi connectivity index (χ4v) is 3.15. The second kappa shape index (κ2) is 11.6. The van der Waals surface area contributed by atoms with Gasteiger partial charge in [0.1, 0.15) is 0 Å². The number of amides is 2. The Morgan fingerprint density at radius 1 is 0.892 bits per heavy atom. The number of nitrogens with one attached hydrogen (secondary N) is 2. The number of carbonyl (C=O) groups excluding carboxylic acids is 3. The number of esters is 1. The maximum Gasteiger partial charge on any atom is 0.343 e. The van der Waals surface area contributed by atoms with Crippen molar-refractivity contribution >= 4 is 34.9 Å². The summed E-state index contributed by atoms with van der Waals surface area (Å²) in [6.45, 7) is 5.30. The topological polar surface area (TPSA) is 149 Å².